The molecule has 2 N–H and O–H groups in total. The lowest BCUT2D eigenvalue weighted by molar-refractivity contribution is 0.205. The number of hydrogen-bond donors (Lipinski definition) is 1. The molecule has 1 aliphatic rings. The molecule has 1 aromatic carbocycles. The summed E-state index contributed by atoms with van der Waals surface area (Å²) in [6, 6.07) is 6.55. The highest BCUT2D eigenvalue weighted by molar-refractivity contribution is 9.10. The molecule has 0 saturated heterocycles. The fourth-order valence-electron chi connectivity index (χ4n) is 2.45. The highest BCUT2D eigenvalue weighted by Gasteiger charge is 2.25. The lowest BCUT2D eigenvalue weighted by Crippen LogP contribution is -2.35. The number of hydrogen-bond acceptors (Lipinski definition) is 2. The molecule has 0 heterocycles. The third-order valence-electron chi connectivity index (χ3n) is 4.01. The molecule has 0 aromatic heterocycles. The van der Waals surface area contributed by atoms with E-state index in [9.17, 15) is 0 Å². The van der Waals surface area contributed by atoms with E-state index in [1.54, 1.807) is 0 Å². The summed E-state index contributed by atoms with van der Waals surface area (Å²) in [5.41, 5.74) is 7.36. The van der Waals surface area contributed by atoms with Gasteiger partial charge in [-0.15, -0.1) is 0 Å². The molecular formula is C16H24BrClN2. The third-order valence-corrected chi connectivity index (χ3v) is 4.83. The van der Waals surface area contributed by atoms with Crippen molar-refractivity contribution in [3.05, 3.63) is 33.3 Å². The summed E-state index contributed by atoms with van der Waals surface area (Å²) in [5.74, 6) is 0.921. The standard InChI is InChI=1S/C16H24BrClN2/c1-11(2)20(10-12-3-4-12)8-7-16(19)14-6-5-13(17)9-15(14)18/h5-6,9,11-12,16H,3-4,7-8,10,19H2,1-2H3. The van der Waals surface area contributed by atoms with Crippen molar-refractivity contribution in [2.45, 2.75) is 45.2 Å². The summed E-state index contributed by atoms with van der Waals surface area (Å²) in [6.45, 7) is 6.79. The van der Waals surface area contributed by atoms with Gasteiger partial charge < -0.3 is 10.6 Å². The Morgan fingerprint density at radius 2 is 2.10 bits per heavy atom. The fourth-order valence-corrected chi connectivity index (χ4v) is 3.27. The molecule has 1 fully saturated rings. The lowest BCUT2D eigenvalue weighted by Gasteiger charge is -2.28. The van der Waals surface area contributed by atoms with Crippen molar-refractivity contribution in [3.63, 3.8) is 0 Å². The van der Waals surface area contributed by atoms with Crippen LogP contribution >= 0.6 is 27.5 Å². The van der Waals surface area contributed by atoms with Crippen molar-refractivity contribution in [2.24, 2.45) is 11.7 Å². The van der Waals surface area contributed by atoms with E-state index in [0.717, 1.165) is 33.9 Å². The Morgan fingerprint density at radius 1 is 1.40 bits per heavy atom. The van der Waals surface area contributed by atoms with Crippen LogP contribution in [-0.2, 0) is 0 Å². The number of halogens is 2. The number of nitrogens with zero attached hydrogens (tertiary/aromatic N) is 1. The first-order chi connectivity index (χ1) is 9.47. The molecule has 1 aromatic rings. The maximum atomic E-state index is 6.31. The predicted molar refractivity (Wildman–Crippen MR) is 90.1 cm³/mol. The Labute approximate surface area is 135 Å². The van der Waals surface area contributed by atoms with Gasteiger partial charge in [-0.2, -0.15) is 0 Å². The molecule has 0 aliphatic heterocycles. The average Bonchev–Trinajstić information content (AvgIpc) is 3.17. The van der Waals surface area contributed by atoms with Crippen LogP contribution in [0.3, 0.4) is 0 Å². The van der Waals surface area contributed by atoms with Gasteiger partial charge >= 0.3 is 0 Å². The normalized spacial score (nSPS) is 16.9. The van der Waals surface area contributed by atoms with Gasteiger partial charge in [0.05, 0.1) is 0 Å². The van der Waals surface area contributed by atoms with E-state index >= 15 is 0 Å². The first-order valence-electron chi connectivity index (χ1n) is 7.42. The Balaban J connectivity index is 1.90. The van der Waals surface area contributed by atoms with E-state index in [-0.39, 0.29) is 6.04 Å². The molecule has 1 saturated carbocycles. The van der Waals surface area contributed by atoms with Gasteiger partial charge in [-0.25, -0.2) is 0 Å². The summed E-state index contributed by atoms with van der Waals surface area (Å²) in [4.78, 5) is 2.55. The largest absolute Gasteiger partial charge is 0.324 e. The average molecular weight is 360 g/mol. The summed E-state index contributed by atoms with van der Waals surface area (Å²) in [5, 5.41) is 0.755. The summed E-state index contributed by atoms with van der Waals surface area (Å²) >= 11 is 9.70. The van der Waals surface area contributed by atoms with Gasteiger partial charge in [0.1, 0.15) is 0 Å². The minimum atomic E-state index is 0.0102. The summed E-state index contributed by atoms with van der Waals surface area (Å²) in [6.07, 6.45) is 3.74. The van der Waals surface area contributed by atoms with Crippen LogP contribution in [0.5, 0.6) is 0 Å². The molecule has 0 bridgehead atoms. The van der Waals surface area contributed by atoms with Crippen molar-refractivity contribution in [1.29, 1.82) is 0 Å². The van der Waals surface area contributed by atoms with Crippen molar-refractivity contribution in [1.82, 2.24) is 4.90 Å². The number of benzene rings is 1. The Bertz CT molecular complexity index is 446. The SMILES string of the molecule is CC(C)N(CCC(N)c1ccc(Br)cc1Cl)CC1CC1. The zero-order chi connectivity index (χ0) is 14.7. The van der Waals surface area contributed by atoms with Crippen molar-refractivity contribution < 1.29 is 0 Å². The molecule has 2 rings (SSSR count). The Morgan fingerprint density at radius 3 is 2.65 bits per heavy atom. The molecule has 1 atom stereocenters. The molecule has 1 aliphatic carbocycles. The zero-order valence-corrected chi connectivity index (χ0v) is 14.6. The molecule has 0 amide bonds. The van der Waals surface area contributed by atoms with Crippen LogP contribution in [-0.4, -0.2) is 24.0 Å². The van der Waals surface area contributed by atoms with E-state index in [2.05, 4.69) is 34.7 Å². The smallest absolute Gasteiger partial charge is 0.0464 e. The van der Waals surface area contributed by atoms with Crippen molar-refractivity contribution in [3.8, 4) is 0 Å². The van der Waals surface area contributed by atoms with E-state index in [4.69, 9.17) is 17.3 Å². The first-order valence-corrected chi connectivity index (χ1v) is 8.59. The van der Waals surface area contributed by atoms with Crippen LogP contribution in [0.25, 0.3) is 0 Å². The molecule has 4 heteroatoms. The van der Waals surface area contributed by atoms with E-state index < -0.39 is 0 Å². The minimum absolute atomic E-state index is 0.0102. The Hall–Kier alpha value is -0.0900. The van der Waals surface area contributed by atoms with Crippen LogP contribution in [0.1, 0.15) is 44.7 Å². The topological polar surface area (TPSA) is 29.3 Å². The molecule has 0 spiro atoms. The molecule has 20 heavy (non-hydrogen) atoms. The van der Waals surface area contributed by atoms with E-state index in [0.29, 0.717) is 6.04 Å². The predicted octanol–water partition coefficient (Wildman–Crippen LogP) is 4.61. The van der Waals surface area contributed by atoms with E-state index in [1.165, 1.54) is 19.4 Å². The van der Waals surface area contributed by atoms with Gasteiger partial charge in [0.25, 0.3) is 0 Å². The van der Waals surface area contributed by atoms with Gasteiger partial charge in [0.2, 0.25) is 0 Å². The minimum Gasteiger partial charge on any atom is -0.324 e. The maximum absolute atomic E-state index is 6.31. The number of nitrogens with two attached hydrogens (primary N) is 1. The second-order valence-electron chi connectivity index (χ2n) is 6.09. The second-order valence-corrected chi connectivity index (χ2v) is 7.42. The van der Waals surface area contributed by atoms with Crippen molar-refractivity contribution >= 4 is 27.5 Å². The monoisotopic (exact) mass is 358 g/mol. The van der Waals surface area contributed by atoms with Gasteiger partial charge in [-0.3, -0.25) is 0 Å². The van der Waals surface area contributed by atoms with Crippen molar-refractivity contribution in [2.75, 3.05) is 13.1 Å². The van der Waals surface area contributed by atoms with Crippen LogP contribution in [0.2, 0.25) is 5.02 Å². The quantitative estimate of drug-likeness (QED) is 0.770. The summed E-state index contributed by atoms with van der Waals surface area (Å²) in [7, 11) is 0. The van der Waals surface area contributed by atoms with Gasteiger partial charge in [0.15, 0.2) is 0 Å². The molecule has 1 unspecified atom stereocenters. The first kappa shape index (κ1) is 16.3. The van der Waals surface area contributed by atoms with Gasteiger partial charge in [0, 0.05) is 34.7 Å². The molecular weight excluding hydrogens is 336 g/mol. The van der Waals surface area contributed by atoms with E-state index in [1.807, 2.05) is 18.2 Å². The van der Waals surface area contributed by atoms with Crippen LogP contribution in [0.15, 0.2) is 22.7 Å². The van der Waals surface area contributed by atoms with Gasteiger partial charge in [-0.1, -0.05) is 33.6 Å². The third kappa shape index (κ3) is 4.73. The van der Waals surface area contributed by atoms with Crippen LogP contribution in [0, 0.1) is 5.92 Å². The molecule has 0 radical (unpaired) electrons. The zero-order valence-electron chi connectivity index (χ0n) is 12.3. The maximum Gasteiger partial charge on any atom is 0.0464 e. The van der Waals surface area contributed by atoms with Crippen LogP contribution < -0.4 is 5.73 Å². The molecule has 2 nitrogen and oxygen atoms in total. The van der Waals surface area contributed by atoms with Gasteiger partial charge in [-0.05, 0) is 56.7 Å². The highest BCUT2D eigenvalue weighted by atomic mass is 79.9. The summed E-state index contributed by atoms with van der Waals surface area (Å²) < 4.78 is 0.996. The number of rotatable bonds is 7. The Kier molecular flexibility index (Phi) is 5.91. The highest BCUT2D eigenvalue weighted by Crippen LogP contribution is 2.31. The second kappa shape index (κ2) is 7.26. The van der Waals surface area contributed by atoms with Crippen LogP contribution in [0.4, 0.5) is 0 Å². The fraction of sp³-hybridized carbons (Fsp3) is 0.625. The lowest BCUT2D eigenvalue weighted by atomic mass is 10.0. The molecule has 112 valence electrons.